The highest BCUT2D eigenvalue weighted by molar-refractivity contribution is 5.85. The van der Waals surface area contributed by atoms with Gasteiger partial charge in [0.15, 0.2) is 0 Å². The van der Waals surface area contributed by atoms with Gasteiger partial charge in [-0.25, -0.2) is 4.98 Å². The van der Waals surface area contributed by atoms with Crippen molar-refractivity contribution in [2.24, 2.45) is 0 Å². The van der Waals surface area contributed by atoms with E-state index in [0.29, 0.717) is 11.4 Å². The van der Waals surface area contributed by atoms with Crippen LogP contribution in [0.5, 0.6) is 5.88 Å². The van der Waals surface area contributed by atoms with E-state index >= 15 is 0 Å². The molecule has 0 aromatic carbocycles. The Morgan fingerprint density at radius 2 is 2.36 bits per heavy atom. The molecule has 2 N–H and O–H groups in total. The molecule has 2 aromatic rings. The summed E-state index contributed by atoms with van der Waals surface area (Å²) < 4.78 is 5.10. The lowest BCUT2D eigenvalue weighted by Crippen LogP contribution is -1.98. The number of nitrogens with zero attached hydrogens (tertiary/aromatic N) is 1. The normalized spacial score (nSPS) is 10.8. The van der Waals surface area contributed by atoms with E-state index in [1.807, 2.05) is 19.2 Å². The lowest BCUT2D eigenvalue weighted by atomic mass is 10.1. The Labute approximate surface area is 81.5 Å². The number of aliphatic hydroxyl groups excluding tert-OH is 1. The van der Waals surface area contributed by atoms with E-state index in [1.54, 1.807) is 7.11 Å². The van der Waals surface area contributed by atoms with Crippen LogP contribution in [-0.2, 0) is 6.61 Å². The molecule has 0 aliphatic rings. The molecule has 14 heavy (non-hydrogen) atoms. The fraction of sp³-hybridized carbons (Fsp3) is 0.300. The van der Waals surface area contributed by atoms with Crippen LogP contribution < -0.4 is 4.74 Å². The van der Waals surface area contributed by atoms with Crippen LogP contribution in [0.4, 0.5) is 0 Å². The number of aliphatic hydroxyl groups is 1. The van der Waals surface area contributed by atoms with Crippen molar-refractivity contribution < 1.29 is 9.84 Å². The molecule has 74 valence electrons. The summed E-state index contributed by atoms with van der Waals surface area (Å²) in [6.45, 7) is 1.84. The van der Waals surface area contributed by atoms with Crippen molar-refractivity contribution in [3.8, 4) is 5.88 Å². The van der Waals surface area contributed by atoms with Crippen LogP contribution in [0, 0.1) is 6.92 Å². The van der Waals surface area contributed by atoms with Crippen LogP contribution in [0.25, 0.3) is 10.9 Å². The van der Waals surface area contributed by atoms with E-state index in [2.05, 4.69) is 9.97 Å². The van der Waals surface area contributed by atoms with E-state index in [0.717, 1.165) is 16.6 Å². The molecule has 0 bridgehead atoms. The number of methoxy groups -OCH3 is 1. The van der Waals surface area contributed by atoms with Gasteiger partial charge in [-0.1, -0.05) is 0 Å². The molecule has 0 radical (unpaired) electrons. The summed E-state index contributed by atoms with van der Waals surface area (Å²) in [5, 5.41) is 10.2. The van der Waals surface area contributed by atoms with E-state index < -0.39 is 0 Å². The van der Waals surface area contributed by atoms with Crippen molar-refractivity contribution in [2.75, 3.05) is 7.11 Å². The molecule has 0 fully saturated rings. The van der Waals surface area contributed by atoms with Crippen LogP contribution in [-0.4, -0.2) is 22.2 Å². The third-order valence-corrected chi connectivity index (χ3v) is 2.32. The Balaban J connectivity index is 2.82. The highest BCUT2D eigenvalue weighted by atomic mass is 16.5. The summed E-state index contributed by atoms with van der Waals surface area (Å²) in [7, 11) is 1.55. The van der Waals surface area contributed by atoms with Crippen molar-refractivity contribution in [3.63, 3.8) is 0 Å². The zero-order valence-electron chi connectivity index (χ0n) is 8.16. The Morgan fingerprint density at radius 1 is 1.57 bits per heavy atom. The molecule has 0 unspecified atom stereocenters. The number of hydrogen-bond donors (Lipinski definition) is 2. The molecule has 0 aliphatic carbocycles. The monoisotopic (exact) mass is 192 g/mol. The fourth-order valence-electron chi connectivity index (χ4n) is 1.62. The highest BCUT2D eigenvalue weighted by Gasteiger charge is 2.12. The van der Waals surface area contributed by atoms with Gasteiger partial charge in [-0.2, -0.15) is 0 Å². The first-order valence-corrected chi connectivity index (χ1v) is 4.39. The molecule has 2 aromatic heterocycles. The van der Waals surface area contributed by atoms with Crippen molar-refractivity contribution in [2.45, 2.75) is 13.5 Å². The van der Waals surface area contributed by atoms with E-state index in [9.17, 15) is 5.11 Å². The minimum absolute atomic E-state index is 0.0759. The Bertz CT molecular complexity index is 462. The standard InChI is InChI=1S/C10H12N2O2/c1-6-7-3-4-11-9(7)8(5-13)10(12-6)14-2/h3-4,11,13H,5H2,1-2H3. The van der Waals surface area contributed by atoms with Crippen LogP contribution in [0.3, 0.4) is 0 Å². The fourth-order valence-corrected chi connectivity index (χ4v) is 1.62. The molecular formula is C10H12N2O2. The van der Waals surface area contributed by atoms with E-state index in [1.165, 1.54) is 0 Å². The number of rotatable bonds is 2. The summed E-state index contributed by atoms with van der Waals surface area (Å²) in [5.74, 6) is 0.486. The first kappa shape index (κ1) is 9.02. The molecular weight excluding hydrogens is 180 g/mol. The van der Waals surface area contributed by atoms with Gasteiger partial charge < -0.3 is 14.8 Å². The first-order chi connectivity index (χ1) is 6.77. The summed E-state index contributed by atoms with van der Waals surface area (Å²) in [5.41, 5.74) is 2.50. The van der Waals surface area contributed by atoms with E-state index in [-0.39, 0.29) is 6.61 Å². The molecule has 4 heteroatoms. The van der Waals surface area contributed by atoms with Gasteiger partial charge in [-0.05, 0) is 13.0 Å². The molecule has 0 saturated carbocycles. The number of H-pyrrole nitrogens is 1. The lowest BCUT2D eigenvalue weighted by Gasteiger charge is -2.07. The molecule has 0 amide bonds. The number of nitrogens with one attached hydrogen (secondary N) is 1. The third kappa shape index (κ3) is 1.15. The maximum Gasteiger partial charge on any atom is 0.221 e. The molecule has 0 atom stereocenters. The van der Waals surface area contributed by atoms with Gasteiger partial charge in [-0.15, -0.1) is 0 Å². The van der Waals surface area contributed by atoms with Crippen molar-refractivity contribution in [1.82, 2.24) is 9.97 Å². The van der Waals surface area contributed by atoms with Crippen LogP contribution in [0.1, 0.15) is 11.3 Å². The molecule has 0 spiro atoms. The van der Waals surface area contributed by atoms with Crippen molar-refractivity contribution in [1.29, 1.82) is 0 Å². The Hall–Kier alpha value is -1.55. The Morgan fingerprint density at radius 3 is 3.00 bits per heavy atom. The van der Waals surface area contributed by atoms with Crippen molar-refractivity contribution in [3.05, 3.63) is 23.5 Å². The highest BCUT2D eigenvalue weighted by Crippen LogP contribution is 2.26. The minimum atomic E-state index is -0.0759. The van der Waals surface area contributed by atoms with Gasteiger partial charge in [0.2, 0.25) is 5.88 Å². The molecule has 0 saturated heterocycles. The third-order valence-electron chi connectivity index (χ3n) is 2.32. The summed E-state index contributed by atoms with van der Waals surface area (Å²) in [6, 6.07) is 1.94. The van der Waals surface area contributed by atoms with Crippen LogP contribution in [0.2, 0.25) is 0 Å². The number of hydrogen-bond acceptors (Lipinski definition) is 3. The average molecular weight is 192 g/mol. The lowest BCUT2D eigenvalue weighted by molar-refractivity contribution is 0.273. The predicted molar refractivity (Wildman–Crippen MR) is 53.3 cm³/mol. The minimum Gasteiger partial charge on any atom is -0.481 e. The van der Waals surface area contributed by atoms with Gasteiger partial charge in [0.1, 0.15) is 0 Å². The molecule has 2 heterocycles. The average Bonchev–Trinajstić information content (AvgIpc) is 2.66. The predicted octanol–water partition coefficient (Wildman–Crippen LogP) is 1.37. The number of fused-ring (bicyclic) bond motifs is 1. The van der Waals surface area contributed by atoms with Crippen LogP contribution >= 0.6 is 0 Å². The number of aromatic nitrogens is 2. The quantitative estimate of drug-likeness (QED) is 0.755. The van der Waals surface area contributed by atoms with Gasteiger partial charge in [-0.3, -0.25) is 0 Å². The molecule has 0 aliphatic heterocycles. The Kier molecular flexibility index (Phi) is 2.13. The summed E-state index contributed by atoms with van der Waals surface area (Å²) in [4.78, 5) is 7.34. The summed E-state index contributed by atoms with van der Waals surface area (Å²) in [6.07, 6.45) is 1.83. The maximum atomic E-state index is 9.22. The van der Waals surface area contributed by atoms with Gasteiger partial charge in [0.05, 0.1) is 30.5 Å². The second-order valence-corrected chi connectivity index (χ2v) is 3.11. The second-order valence-electron chi connectivity index (χ2n) is 3.11. The van der Waals surface area contributed by atoms with E-state index in [4.69, 9.17) is 4.74 Å². The SMILES string of the molecule is COc1nc(C)c2cc[nH]c2c1CO. The molecule has 2 rings (SSSR count). The van der Waals surface area contributed by atoms with Gasteiger partial charge >= 0.3 is 0 Å². The number of aromatic amines is 1. The number of aryl methyl sites for hydroxylation is 1. The second kappa shape index (κ2) is 3.31. The zero-order valence-corrected chi connectivity index (χ0v) is 8.16. The maximum absolute atomic E-state index is 9.22. The zero-order chi connectivity index (χ0) is 10.1. The smallest absolute Gasteiger partial charge is 0.221 e. The van der Waals surface area contributed by atoms with Crippen molar-refractivity contribution >= 4 is 10.9 Å². The molecule has 4 nitrogen and oxygen atoms in total. The van der Waals surface area contributed by atoms with Crippen LogP contribution in [0.15, 0.2) is 12.3 Å². The van der Waals surface area contributed by atoms with Gasteiger partial charge in [0, 0.05) is 11.6 Å². The van der Waals surface area contributed by atoms with Gasteiger partial charge in [0.25, 0.3) is 0 Å². The first-order valence-electron chi connectivity index (χ1n) is 4.39. The number of ether oxygens (including phenoxy) is 1. The summed E-state index contributed by atoms with van der Waals surface area (Å²) >= 11 is 0. The topological polar surface area (TPSA) is 58.1 Å². The number of pyridine rings is 1. The largest absolute Gasteiger partial charge is 0.481 e.